The first kappa shape index (κ1) is 33.1. The third-order valence-electron chi connectivity index (χ3n) is 11.2. The molecule has 0 aliphatic rings. The van der Waals surface area contributed by atoms with Crippen LogP contribution in [0.3, 0.4) is 0 Å². The summed E-state index contributed by atoms with van der Waals surface area (Å²) in [6, 6.07) is 69.1. The number of fused-ring (bicyclic) bond motifs is 8. The maximum atomic E-state index is 6.93. The summed E-state index contributed by atoms with van der Waals surface area (Å²) in [6.07, 6.45) is 0. The SMILES string of the molecule is c1ccc(N(c2cc(N(c3ccccc3)c3ccc4c(c3)oc3ccccc34)c3oc(-c4ccc5ccccc5c4)nc3c2)c2ccc3oc4ccccc4c3c2)cc1. The number of furan rings is 2. The van der Waals surface area contributed by atoms with Crippen LogP contribution in [0.25, 0.3) is 77.2 Å². The molecular formula is C53H33N3O3. The minimum atomic E-state index is 0.544. The predicted octanol–water partition coefficient (Wildman–Crippen LogP) is 15.4. The summed E-state index contributed by atoms with van der Waals surface area (Å²) in [4.78, 5) is 9.78. The molecule has 0 fully saturated rings. The van der Waals surface area contributed by atoms with Gasteiger partial charge in [-0.15, -0.1) is 0 Å². The van der Waals surface area contributed by atoms with E-state index in [4.69, 9.17) is 18.2 Å². The fourth-order valence-corrected chi connectivity index (χ4v) is 8.48. The first-order valence-corrected chi connectivity index (χ1v) is 19.7. The number of nitrogens with zero attached hydrogens (tertiary/aromatic N) is 3. The molecule has 0 saturated carbocycles. The van der Waals surface area contributed by atoms with E-state index in [1.54, 1.807) is 0 Å². The van der Waals surface area contributed by atoms with Crippen LogP contribution in [0.1, 0.15) is 0 Å². The average molecular weight is 760 g/mol. The highest BCUT2D eigenvalue weighted by Crippen LogP contribution is 2.47. The number of rotatable bonds is 7. The molecule has 0 bridgehead atoms. The van der Waals surface area contributed by atoms with Gasteiger partial charge in [-0.2, -0.15) is 0 Å². The van der Waals surface area contributed by atoms with Crippen LogP contribution in [0, 0.1) is 0 Å². The fourth-order valence-electron chi connectivity index (χ4n) is 8.48. The van der Waals surface area contributed by atoms with E-state index in [1.165, 1.54) is 0 Å². The number of anilines is 6. The molecule has 6 heteroatoms. The number of hydrogen-bond acceptors (Lipinski definition) is 6. The summed E-state index contributed by atoms with van der Waals surface area (Å²) in [5.41, 5.74) is 11.2. The molecule has 0 aliphatic carbocycles. The van der Waals surface area contributed by atoms with Crippen LogP contribution in [-0.4, -0.2) is 4.98 Å². The van der Waals surface area contributed by atoms with Crippen molar-refractivity contribution < 1.29 is 13.3 Å². The van der Waals surface area contributed by atoms with Crippen LogP contribution < -0.4 is 9.80 Å². The quantitative estimate of drug-likeness (QED) is 0.161. The second kappa shape index (κ2) is 13.3. The van der Waals surface area contributed by atoms with Crippen molar-refractivity contribution in [3.8, 4) is 11.5 Å². The number of oxazole rings is 1. The molecule has 0 unspecified atom stereocenters. The van der Waals surface area contributed by atoms with Crippen LogP contribution in [0.5, 0.6) is 0 Å². The lowest BCUT2D eigenvalue weighted by molar-refractivity contribution is 0.620. The van der Waals surface area contributed by atoms with Gasteiger partial charge in [0.1, 0.15) is 27.8 Å². The molecule has 278 valence electrons. The van der Waals surface area contributed by atoms with Crippen molar-refractivity contribution in [2.75, 3.05) is 9.80 Å². The predicted molar refractivity (Wildman–Crippen MR) is 241 cm³/mol. The van der Waals surface area contributed by atoms with E-state index in [-0.39, 0.29) is 0 Å². The highest BCUT2D eigenvalue weighted by Gasteiger charge is 2.25. The molecule has 12 aromatic rings. The molecule has 59 heavy (non-hydrogen) atoms. The van der Waals surface area contributed by atoms with Crippen molar-refractivity contribution in [1.82, 2.24) is 4.98 Å². The molecule has 6 nitrogen and oxygen atoms in total. The van der Waals surface area contributed by atoms with Gasteiger partial charge in [-0.3, -0.25) is 0 Å². The zero-order chi connectivity index (χ0) is 38.9. The smallest absolute Gasteiger partial charge is 0.227 e. The highest BCUT2D eigenvalue weighted by atomic mass is 16.4. The van der Waals surface area contributed by atoms with Crippen molar-refractivity contribution in [3.05, 3.63) is 200 Å². The zero-order valence-electron chi connectivity index (χ0n) is 31.6. The minimum absolute atomic E-state index is 0.544. The highest BCUT2D eigenvalue weighted by molar-refractivity contribution is 6.08. The molecule has 0 atom stereocenters. The lowest BCUT2D eigenvalue weighted by Gasteiger charge is -2.29. The Hall–Kier alpha value is -8.09. The Morgan fingerprint density at radius 1 is 0.339 bits per heavy atom. The van der Waals surface area contributed by atoms with Crippen LogP contribution in [0.2, 0.25) is 0 Å². The molecule has 0 saturated heterocycles. The number of benzene rings is 9. The van der Waals surface area contributed by atoms with Gasteiger partial charge in [0.15, 0.2) is 5.58 Å². The van der Waals surface area contributed by atoms with E-state index in [9.17, 15) is 0 Å². The van der Waals surface area contributed by atoms with Crippen molar-refractivity contribution in [1.29, 1.82) is 0 Å². The summed E-state index contributed by atoms with van der Waals surface area (Å²) < 4.78 is 19.7. The third kappa shape index (κ3) is 5.53. The molecule has 0 aliphatic heterocycles. The van der Waals surface area contributed by atoms with Gasteiger partial charge >= 0.3 is 0 Å². The van der Waals surface area contributed by atoms with Gasteiger partial charge in [-0.1, -0.05) is 103 Å². The minimum Gasteiger partial charge on any atom is -0.456 e. The van der Waals surface area contributed by atoms with Crippen LogP contribution in [-0.2, 0) is 0 Å². The van der Waals surface area contributed by atoms with Crippen molar-refractivity contribution in [2.45, 2.75) is 0 Å². The maximum absolute atomic E-state index is 6.93. The average Bonchev–Trinajstić information content (AvgIpc) is 4.01. The lowest BCUT2D eigenvalue weighted by atomic mass is 10.1. The van der Waals surface area contributed by atoms with Crippen molar-refractivity contribution in [2.24, 2.45) is 0 Å². The summed E-state index contributed by atoms with van der Waals surface area (Å²) >= 11 is 0. The van der Waals surface area contributed by atoms with Gasteiger partial charge in [0.2, 0.25) is 5.89 Å². The van der Waals surface area contributed by atoms with Gasteiger partial charge in [-0.05, 0) is 102 Å². The summed E-state index contributed by atoms with van der Waals surface area (Å²) in [7, 11) is 0. The van der Waals surface area contributed by atoms with E-state index in [2.05, 4.69) is 168 Å². The van der Waals surface area contributed by atoms with E-state index >= 15 is 0 Å². The summed E-state index contributed by atoms with van der Waals surface area (Å²) in [5, 5.41) is 6.54. The van der Waals surface area contributed by atoms with Crippen LogP contribution in [0.15, 0.2) is 213 Å². The van der Waals surface area contributed by atoms with Crippen LogP contribution in [0.4, 0.5) is 34.1 Å². The van der Waals surface area contributed by atoms with Crippen molar-refractivity contribution >= 4 is 99.9 Å². The van der Waals surface area contributed by atoms with E-state index in [0.717, 1.165) is 99.9 Å². The second-order valence-corrected chi connectivity index (χ2v) is 14.8. The van der Waals surface area contributed by atoms with Crippen LogP contribution >= 0.6 is 0 Å². The molecule has 12 rings (SSSR count). The standard InChI is InChI=1S/C53H33N3O3/c1-3-15-37(16-4-1)55(39-26-28-50-45(30-39)43-20-10-12-22-49(43)57-50)41-31-46-52(59-53(54-46)36-24-23-34-13-7-8-14-35(34)29-36)47(32-41)56(38-17-5-2-6-18-38)40-25-27-44-42-19-9-11-21-48(42)58-51(44)33-40/h1-33H. The maximum Gasteiger partial charge on any atom is 0.227 e. The molecule has 0 amide bonds. The van der Waals surface area contributed by atoms with Gasteiger partial charge in [0, 0.05) is 50.2 Å². The Kier molecular flexibility index (Phi) is 7.43. The normalized spacial score (nSPS) is 11.7. The summed E-state index contributed by atoms with van der Waals surface area (Å²) in [5.74, 6) is 0.544. The van der Waals surface area contributed by atoms with Gasteiger partial charge in [0.05, 0.1) is 17.1 Å². The Morgan fingerprint density at radius 3 is 1.71 bits per heavy atom. The number of para-hydroxylation sites is 4. The zero-order valence-corrected chi connectivity index (χ0v) is 31.6. The van der Waals surface area contributed by atoms with E-state index < -0.39 is 0 Å². The Bertz CT molecular complexity index is 3530. The first-order valence-electron chi connectivity index (χ1n) is 19.7. The molecule has 0 N–H and O–H groups in total. The molecule has 0 spiro atoms. The molecule has 9 aromatic carbocycles. The third-order valence-corrected chi connectivity index (χ3v) is 11.2. The van der Waals surface area contributed by atoms with Gasteiger partial charge < -0.3 is 23.1 Å². The topological polar surface area (TPSA) is 58.8 Å². The summed E-state index contributed by atoms with van der Waals surface area (Å²) in [6.45, 7) is 0. The second-order valence-electron chi connectivity index (χ2n) is 14.8. The van der Waals surface area contributed by atoms with E-state index in [0.29, 0.717) is 11.5 Å². The lowest BCUT2D eigenvalue weighted by Crippen LogP contribution is -2.13. The monoisotopic (exact) mass is 759 g/mol. The molecule has 0 radical (unpaired) electrons. The van der Waals surface area contributed by atoms with Gasteiger partial charge in [0.25, 0.3) is 0 Å². The number of aromatic nitrogens is 1. The largest absolute Gasteiger partial charge is 0.456 e. The van der Waals surface area contributed by atoms with E-state index in [1.807, 2.05) is 42.5 Å². The van der Waals surface area contributed by atoms with Crippen molar-refractivity contribution in [3.63, 3.8) is 0 Å². The van der Waals surface area contributed by atoms with Gasteiger partial charge in [-0.25, -0.2) is 4.98 Å². The number of hydrogen-bond donors (Lipinski definition) is 0. The molecule has 3 aromatic heterocycles. The Balaban J connectivity index is 1.13. The first-order chi connectivity index (χ1) is 29.2. The molecule has 3 heterocycles. The fraction of sp³-hybridized carbons (Fsp3) is 0. The Morgan fingerprint density at radius 2 is 0.932 bits per heavy atom. The Labute approximate surface area is 338 Å². The molecular weight excluding hydrogens is 727 g/mol.